The highest BCUT2D eigenvalue weighted by Crippen LogP contribution is 2.37. The molecule has 7 heteroatoms. The average molecular weight is 465 g/mol. The third kappa shape index (κ3) is 3.23. The summed E-state index contributed by atoms with van der Waals surface area (Å²) >= 11 is 5.49. The monoisotopic (exact) mass is 464 g/mol. The van der Waals surface area contributed by atoms with Gasteiger partial charge >= 0.3 is 0 Å². The van der Waals surface area contributed by atoms with Gasteiger partial charge in [-0.15, -0.1) is 0 Å². The molecule has 2 aromatic rings. The van der Waals surface area contributed by atoms with Crippen LogP contribution in [0.5, 0.6) is 11.5 Å². The lowest BCUT2D eigenvalue weighted by Crippen LogP contribution is -2.16. The van der Waals surface area contributed by atoms with E-state index >= 15 is 0 Å². The van der Waals surface area contributed by atoms with Crippen molar-refractivity contribution in [2.75, 3.05) is 14.2 Å². The number of nitrogens with zero attached hydrogens (tertiary/aromatic N) is 1. The van der Waals surface area contributed by atoms with Crippen LogP contribution in [0.2, 0.25) is 0 Å². The molecule has 2 rings (SSSR count). The maximum atomic E-state index is 12.0. The first kappa shape index (κ1) is 16.3. The number of nitrogens with one attached hydrogen (secondary N) is 1. The number of rotatable bonds is 4. The number of ether oxygens (including phenoxy) is 2. The first-order valence-electron chi connectivity index (χ1n) is 6.22. The van der Waals surface area contributed by atoms with Crippen molar-refractivity contribution in [1.29, 1.82) is 0 Å². The van der Waals surface area contributed by atoms with Crippen LogP contribution in [0.3, 0.4) is 0 Å². The fourth-order valence-electron chi connectivity index (χ4n) is 1.90. The molecule has 5 nitrogen and oxygen atoms in total. The molecule has 0 spiro atoms. The number of aromatic amines is 1. The molecule has 0 aliphatic rings. The van der Waals surface area contributed by atoms with E-state index in [0.29, 0.717) is 27.3 Å². The molecule has 1 heterocycles. The van der Waals surface area contributed by atoms with E-state index in [4.69, 9.17) is 9.47 Å². The molecular formula is C14H14BrIN2O3. The highest BCUT2D eigenvalue weighted by molar-refractivity contribution is 14.1. The zero-order valence-electron chi connectivity index (χ0n) is 11.8. The maximum absolute atomic E-state index is 12.0. The molecule has 0 saturated carbocycles. The molecule has 0 aliphatic heterocycles. The Morgan fingerprint density at radius 3 is 2.48 bits per heavy atom. The van der Waals surface area contributed by atoms with Gasteiger partial charge in [-0.05, 0) is 57.1 Å². The fourth-order valence-corrected chi connectivity index (χ4v) is 3.05. The summed E-state index contributed by atoms with van der Waals surface area (Å²) in [4.78, 5) is 19.3. The van der Waals surface area contributed by atoms with E-state index in [1.54, 1.807) is 26.4 Å². The van der Waals surface area contributed by atoms with Gasteiger partial charge in [-0.1, -0.05) is 6.92 Å². The first-order chi connectivity index (χ1) is 10.0. The van der Waals surface area contributed by atoms with E-state index in [-0.39, 0.29) is 5.56 Å². The molecule has 1 aromatic carbocycles. The van der Waals surface area contributed by atoms with Crippen LogP contribution in [0, 0.1) is 3.57 Å². The van der Waals surface area contributed by atoms with Crippen LogP contribution in [0.25, 0.3) is 11.4 Å². The number of halogens is 2. The predicted octanol–water partition coefficient (Wildman–Crippen LogP) is 3.38. The van der Waals surface area contributed by atoms with Gasteiger partial charge in [-0.25, -0.2) is 4.98 Å². The Balaban J connectivity index is 2.67. The highest BCUT2D eigenvalue weighted by Gasteiger charge is 2.15. The lowest BCUT2D eigenvalue weighted by Gasteiger charge is -2.12. The van der Waals surface area contributed by atoms with Gasteiger partial charge < -0.3 is 14.5 Å². The standard InChI is InChI=1S/C14H14BrIN2O3/c1-4-9-12(16)14(19)18-13(17-9)7-5-10(20-2)11(21-3)6-8(7)15/h5-6H,4H2,1-3H3,(H,17,18,19). The van der Waals surface area contributed by atoms with Crippen molar-refractivity contribution in [3.8, 4) is 22.9 Å². The summed E-state index contributed by atoms with van der Waals surface area (Å²) < 4.78 is 11.9. The molecule has 0 unspecified atom stereocenters. The van der Waals surface area contributed by atoms with Crippen molar-refractivity contribution < 1.29 is 9.47 Å². The van der Waals surface area contributed by atoms with Gasteiger partial charge in [0.25, 0.3) is 5.56 Å². The van der Waals surface area contributed by atoms with E-state index < -0.39 is 0 Å². The summed E-state index contributed by atoms with van der Waals surface area (Å²) in [7, 11) is 3.14. The quantitative estimate of drug-likeness (QED) is 0.704. The normalized spacial score (nSPS) is 10.5. The molecular weight excluding hydrogens is 451 g/mol. The molecule has 1 aromatic heterocycles. The average Bonchev–Trinajstić information content (AvgIpc) is 2.49. The van der Waals surface area contributed by atoms with Crippen LogP contribution in [0.1, 0.15) is 12.6 Å². The van der Waals surface area contributed by atoms with Gasteiger partial charge in [0.1, 0.15) is 5.82 Å². The molecule has 0 fully saturated rings. The van der Waals surface area contributed by atoms with Crippen molar-refractivity contribution in [2.45, 2.75) is 13.3 Å². The summed E-state index contributed by atoms with van der Waals surface area (Å²) in [6.45, 7) is 1.97. The zero-order chi connectivity index (χ0) is 15.6. The third-order valence-electron chi connectivity index (χ3n) is 2.99. The van der Waals surface area contributed by atoms with Gasteiger partial charge in [0.15, 0.2) is 11.5 Å². The lowest BCUT2D eigenvalue weighted by molar-refractivity contribution is 0.355. The maximum Gasteiger partial charge on any atom is 0.264 e. The Bertz CT molecular complexity index is 731. The second-order valence-electron chi connectivity index (χ2n) is 4.22. The minimum atomic E-state index is -0.140. The lowest BCUT2D eigenvalue weighted by atomic mass is 10.1. The molecule has 0 amide bonds. The van der Waals surface area contributed by atoms with Crippen molar-refractivity contribution in [3.63, 3.8) is 0 Å². The summed E-state index contributed by atoms with van der Waals surface area (Å²) in [5, 5.41) is 0. The molecule has 0 atom stereocenters. The highest BCUT2D eigenvalue weighted by atomic mass is 127. The van der Waals surface area contributed by atoms with Crippen molar-refractivity contribution in [1.82, 2.24) is 9.97 Å². The van der Waals surface area contributed by atoms with Crippen LogP contribution >= 0.6 is 38.5 Å². The Hall–Kier alpha value is -1.09. The minimum Gasteiger partial charge on any atom is -0.493 e. The van der Waals surface area contributed by atoms with Crippen molar-refractivity contribution in [2.24, 2.45) is 0 Å². The van der Waals surface area contributed by atoms with Gasteiger partial charge in [0, 0.05) is 10.0 Å². The van der Waals surface area contributed by atoms with Gasteiger partial charge in [0.05, 0.1) is 23.5 Å². The Morgan fingerprint density at radius 1 is 1.29 bits per heavy atom. The zero-order valence-corrected chi connectivity index (χ0v) is 15.5. The van der Waals surface area contributed by atoms with Crippen LogP contribution in [0.15, 0.2) is 21.4 Å². The minimum absolute atomic E-state index is 0.140. The Labute approximate surface area is 144 Å². The van der Waals surface area contributed by atoms with Gasteiger partial charge in [-0.3, -0.25) is 4.79 Å². The largest absolute Gasteiger partial charge is 0.493 e. The van der Waals surface area contributed by atoms with E-state index in [9.17, 15) is 4.79 Å². The van der Waals surface area contributed by atoms with Crippen LogP contribution < -0.4 is 15.0 Å². The van der Waals surface area contributed by atoms with Gasteiger partial charge in [0.2, 0.25) is 0 Å². The number of aromatic nitrogens is 2. The molecule has 1 N–H and O–H groups in total. The number of H-pyrrole nitrogens is 1. The topological polar surface area (TPSA) is 64.2 Å². The molecule has 0 bridgehead atoms. The molecule has 112 valence electrons. The van der Waals surface area contributed by atoms with Crippen LogP contribution in [-0.4, -0.2) is 24.2 Å². The molecule has 0 saturated heterocycles. The van der Waals surface area contributed by atoms with Crippen molar-refractivity contribution >= 4 is 38.5 Å². The number of benzene rings is 1. The number of hydrogen-bond acceptors (Lipinski definition) is 4. The number of aryl methyl sites for hydroxylation is 1. The SMILES string of the molecule is CCc1nc(-c2cc(OC)c(OC)cc2Br)[nH]c(=O)c1I. The Kier molecular flexibility index (Phi) is 5.26. The second kappa shape index (κ2) is 6.78. The fraction of sp³-hybridized carbons (Fsp3) is 0.286. The Morgan fingerprint density at radius 2 is 1.90 bits per heavy atom. The second-order valence-corrected chi connectivity index (χ2v) is 6.15. The summed E-state index contributed by atoms with van der Waals surface area (Å²) in [6.07, 6.45) is 0.695. The summed E-state index contributed by atoms with van der Waals surface area (Å²) in [5.41, 5.74) is 1.38. The summed E-state index contributed by atoms with van der Waals surface area (Å²) in [5.74, 6) is 1.69. The predicted molar refractivity (Wildman–Crippen MR) is 93.2 cm³/mol. The van der Waals surface area contributed by atoms with Crippen LogP contribution in [-0.2, 0) is 6.42 Å². The number of hydrogen-bond donors (Lipinski definition) is 1. The van der Waals surface area contributed by atoms with Gasteiger partial charge in [-0.2, -0.15) is 0 Å². The van der Waals surface area contributed by atoms with E-state index in [0.717, 1.165) is 15.7 Å². The summed E-state index contributed by atoms with van der Waals surface area (Å²) in [6, 6.07) is 3.57. The van der Waals surface area contributed by atoms with E-state index in [1.165, 1.54) is 0 Å². The first-order valence-corrected chi connectivity index (χ1v) is 8.09. The molecule has 0 radical (unpaired) electrons. The van der Waals surface area contributed by atoms with E-state index in [1.807, 2.05) is 29.5 Å². The molecule has 0 aliphatic carbocycles. The number of methoxy groups -OCH3 is 2. The third-order valence-corrected chi connectivity index (χ3v) is 4.76. The van der Waals surface area contributed by atoms with E-state index in [2.05, 4.69) is 25.9 Å². The van der Waals surface area contributed by atoms with Crippen molar-refractivity contribution in [3.05, 3.63) is 36.2 Å². The molecule has 21 heavy (non-hydrogen) atoms. The smallest absolute Gasteiger partial charge is 0.264 e. The van der Waals surface area contributed by atoms with Crippen LogP contribution in [0.4, 0.5) is 0 Å².